The fourth-order valence-corrected chi connectivity index (χ4v) is 1.42. The highest BCUT2D eigenvalue weighted by Crippen LogP contribution is 2.27. The molecule has 0 aliphatic carbocycles. The molecule has 0 amide bonds. The summed E-state index contributed by atoms with van der Waals surface area (Å²) >= 11 is 5.93. The summed E-state index contributed by atoms with van der Waals surface area (Å²) in [5.74, 6) is 1.48. The molecule has 0 bridgehead atoms. The minimum atomic E-state index is 0.647. The topological polar surface area (TPSA) is 21.3 Å². The summed E-state index contributed by atoms with van der Waals surface area (Å²) in [5.41, 5.74) is 0.963. The summed E-state index contributed by atoms with van der Waals surface area (Å²) in [6.45, 7) is 5.33. The first-order valence-corrected chi connectivity index (χ1v) is 5.62. The van der Waals surface area contributed by atoms with Crippen LogP contribution in [0.3, 0.4) is 0 Å². The van der Waals surface area contributed by atoms with Crippen LogP contribution in [0.4, 0.5) is 5.69 Å². The van der Waals surface area contributed by atoms with Crippen molar-refractivity contribution in [2.45, 2.75) is 20.3 Å². The van der Waals surface area contributed by atoms with Crippen molar-refractivity contribution in [3.05, 3.63) is 23.2 Å². The molecule has 0 fully saturated rings. The summed E-state index contributed by atoms with van der Waals surface area (Å²) < 4.78 is 5.25. The predicted molar refractivity (Wildman–Crippen MR) is 65.9 cm³/mol. The summed E-state index contributed by atoms with van der Waals surface area (Å²) in [4.78, 5) is 0. The molecule has 0 spiro atoms. The van der Waals surface area contributed by atoms with E-state index in [2.05, 4.69) is 19.2 Å². The molecule has 1 aromatic rings. The van der Waals surface area contributed by atoms with Gasteiger partial charge in [-0.15, -0.1) is 0 Å². The molecule has 1 N–H and O–H groups in total. The molecule has 0 aliphatic heterocycles. The number of methoxy groups -OCH3 is 1. The first-order chi connectivity index (χ1) is 7.17. The van der Waals surface area contributed by atoms with Gasteiger partial charge in [0.2, 0.25) is 0 Å². The number of benzene rings is 1. The van der Waals surface area contributed by atoms with E-state index >= 15 is 0 Å². The maximum atomic E-state index is 5.93. The highest BCUT2D eigenvalue weighted by atomic mass is 35.5. The molecule has 0 aliphatic rings. The zero-order valence-electron chi connectivity index (χ0n) is 9.51. The second-order valence-electron chi connectivity index (χ2n) is 3.74. The van der Waals surface area contributed by atoms with Crippen molar-refractivity contribution in [1.29, 1.82) is 0 Å². The van der Waals surface area contributed by atoms with Gasteiger partial charge in [0.1, 0.15) is 5.75 Å². The Bertz CT molecular complexity index is 314. The van der Waals surface area contributed by atoms with Crippen LogP contribution in [-0.4, -0.2) is 13.7 Å². The molecular weight excluding hydrogens is 210 g/mol. The Kier molecular flexibility index (Phi) is 4.76. The lowest BCUT2D eigenvalue weighted by Crippen LogP contribution is -2.10. The molecule has 1 atom stereocenters. The SMILES string of the molecule is CCC(C)CNc1cc(Cl)ccc1OC. The Balaban J connectivity index is 2.69. The molecular formula is C12H18ClNO. The molecule has 1 rings (SSSR count). The van der Waals surface area contributed by atoms with Gasteiger partial charge in [-0.1, -0.05) is 31.9 Å². The third-order valence-electron chi connectivity index (χ3n) is 2.50. The van der Waals surface area contributed by atoms with Crippen LogP contribution in [0.2, 0.25) is 5.02 Å². The quantitative estimate of drug-likeness (QED) is 0.826. The Morgan fingerprint density at radius 2 is 2.20 bits per heavy atom. The number of halogens is 1. The first-order valence-electron chi connectivity index (χ1n) is 5.24. The second-order valence-corrected chi connectivity index (χ2v) is 4.18. The van der Waals surface area contributed by atoms with E-state index in [1.54, 1.807) is 7.11 Å². The van der Waals surface area contributed by atoms with Crippen molar-refractivity contribution in [3.63, 3.8) is 0 Å². The summed E-state index contributed by atoms with van der Waals surface area (Å²) in [7, 11) is 1.66. The molecule has 0 saturated heterocycles. The van der Waals surface area contributed by atoms with Crippen molar-refractivity contribution >= 4 is 17.3 Å². The van der Waals surface area contributed by atoms with Gasteiger partial charge in [-0.2, -0.15) is 0 Å². The monoisotopic (exact) mass is 227 g/mol. The molecule has 0 saturated carbocycles. The van der Waals surface area contributed by atoms with Crippen molar-refractivity contribution in [3.8, 4) is 5.75 Å². The van der Waals surface area contributed by atoms with Gasteiger partial charge in [-0.05, 0) is 24.1 Å². The standard InChI is InChI=1S/C12H18ClNO/c1-4-9(2)8-14-11-7-10(13)5-6-12(11)15-3/h5-7,9,14H,4,8H2,1-3H3. The Morgan fingerprint density at radius 3 is 2.80 bits per heavy atom. The molecule has 0 heterocycles. The highest BCUT2D eigenvalue weighted by molar-refractivity contribution is 6.30. The zero-order valence-corrected chi connectivity index (χ0v) is 10.3. The number of anilines is 1. The van der Waals surface area contributed by atoms with Crippen LogP contribution in [0, 0.1) is 5.92 Å². The largest absolute Gasteiger partial charge is 0.495 e. The van der Waals surface area contributed by atoms with Crippen LogP contribution in [0.5, 0.6) is 5.75 Å². The van der Waals surface area contributed by atoms with Gasteiger partial charge in [-0.3, -0.25) is 0 Å². The number of rotatable bonds is 5. The summed E-state index contributed by atoms with van der Waals surface area (Å²) in [5, 5.41) is 4.07. The van der Waals surface area contributed by atoms with E-state index < -0.39 is 0 Å². The van der Waals surface area contributed by atoms with Crippen LogP contribution in [0.1, 0.15) is 20.3 Å². The average Bonchev–Trinajstić information content (AvgIpc) is 2.26. The molecule has 84 valence electrons. The molecule has 0 radical (unpaired) electrons. The van der Waals surface area contributed by atoms with Gasteiger partial charge in [-0.25, -0.2) is 0 Å². The van der Waals surface area contributed by atoms with Crippen LogP contribution < -0.4 is 10.1 Å². The Labute approximate surface area is 96.6 Å². The van der Waals surface area contributed by atoms with Gasteiger partial charge < -0.3 is 10.1 Å². The van der Waals surface area contributed by atoms with E-state index in [1.807, 2.05) is 18.2 Å². The summed E-state index contributed by atoms with van der Waals surface area (Å²) in [6, 6.07) is 5.60. The van der Waals surface area contributed by atoms with E-state index in [0.717, 1.165) is 29.4 Å². The van der Waals surface area contributed by atoms with Crippen LogP contribution in [0.15, 0.2) is 18.2 Å². The molecule has 1 aromatic carbocycles. The zero-order chi connectivity index (χ0) is 11.3. The molecule has 15 heavy (non-hydrogen) atoms. The van der Waals surface area contributed by atoms with Gasteiger partial charge in [0.05, 0.1) is 12.8 Å². The summed E-state index contributed by atoms with van der Waals surface area (Å²) in [6.07, 6.45) is 1.16. The van der Waals surface area contributed by atoms with E-state index in [-0.39, 0.29) is 0 Å². The molecule has 2 nitrogen and oxygen atoms in total. The van der Waals surface area contributed by atoms with Crippen molar-refractivity contribution < 1.29 is 4.74 Å². The minimum absolute atomic E-state index is 0.647. The van der Waals surface area contributed by atoms with Gasteiger partial charge in [0.15, 0.2) is 0 Å². The van der Waals surface area contributed by atoms with Crippen LogP contribution >= 0.6 is 11.6 Å². The molecule has 3 heteroatoms. The predicted octanol–water partition coefficient (Wildman–Crippen LogP) is 3.81. The van der Waals surface area contributed by atoms with Crippen LogP contribution in [0.25, 0.3) is 0 Å². The van der Waals surface area contributed by atoms with E-state index in [1.165, 1.54) is 0 Å². The fraction of sp³-hybridized carbons (Fsp3) is 0.500. The lowest BCUT2D eigenvalue weighted by Gasteiger charge is -2.14. The van der Waals surface area contributed by atoms with Crippen molar-refractivity contribution in [2.75, 3.05) is 19.0 Å². The molecule has 1 unspecified atom stereocenters. The van der Waals surface area contributed by atoms with E-state index in [9.17, 15) is 0 Å². The highest BCUT2D eigenvalue weighted by Gasteiger charge is 2.04. The van der Waals surface area contributed by atoms with Crippen molar-refractivity contribution in [2.24, 2.45) is 5.92 Å². The minimum Gasteiger partial charge on any atom is -0.495 e. The third kappa shape index (κ3) is 3.63. The lowest BCUT2D eigenvalue weighted by atomic mass is 10.1. The smallest absolute Gasteiger partial charge is 0.142 e. The fourth-order valence-electron chi connectivity index (χ4n) is 1.25. The van der Waals surface area contributed by atoms with Gasteiger partial charge >= 0.3 is 0 Å². The second kappa shape index (κ2) is 5.86. The van der Waals surface area contributed by atoms with E-state index in [0.29, 0.717) is 5.92 Å². The first kappa shape index (κ1) is 12.2. The third-order valence-corrected chi connectivity index (χ3v) is 2.73. The average molecular weight is 228 g/mol. The van der Waals surface area contributed by atoms with Gasteiger partial charge in [0.25, 0.3) is 0 Å². The normalized spacial score (nSPS) is 12.3. The number of nitrogens with one attached hydrogen (secondary N) is 1. The maximum absolute atomic E-state index is 5.93. The number of ether oxygens (including phenoxy) is 1. The Hall–Kier alpha value is -0.890. The Morgan fingerprint density at radius 1 is 1.47 bits per heavy atom. The van der Waals surface area contributed by atoms with Crippen molar-refractivity contribution in [1.82, 2.24) is 0 Å². The van der Waals surface area contributed by atoms with Crippen LogP contribution in [-0.2, 0) is 0 Å². The van der Waals surface area contributed by atoms with Gasteiger partial charge in [0, 0.05) is 11.6 Å². The lowest BCUT2D eigenvalue weighted by molar-refractivity contribution is 0.416. The number of hydrogen-bond donors (Lipinski definition) is 1. The number of hydrogen-bond acceptors (Lipinski definition) is 2. The molecule has 0 aromatic heterocycles. The maximum Gasteiger partial charge on any atom is 0.142 e. The van der Waals surface area contributed by atoms with E-state index in [4.69, 9.17) is 16.3 Å².